The molecule has 0 bridgehead atoms. The molecule has 0 spiro atoms. The van der Waals surface area contributed by atoms with Gasteiger partial charge in [0.1, 0.15) is 0 Å². The van der Waals surface area contributed by atoms with Crippen LogP contribution in [0, 0.1) is 5.92 Å². The summed E-state index contributed by atoms with van der Waals surface area (Å²) in [7, 11) is 0. The SMILES string of the molecule is CCCCCCCCCCC1CCC(c2ccc(Br)cc2)CC1. The minimum atomic E-state index is 0.818. The molecule has 0 nitrogen and oxygen atoms in total. The van der Waals surface area contributed by atoms with Crippen LogP contribution in [-0.2, 0) is 0 Å². The quantitative estimate of drug-likeness (QED) is 0.359. The largest absolute Gasteiger partial charge is 0.0654 e. The van der Waals surface area contributed by atoms with Crippen LogP contribution in [0.3, 0.4) is 0 Å². The number of benzene rings is 1. The third kappa shape index (κ3) is 7.42. The molecule has 0 aromatic heterocycles. The summed E-state index contributed by atoms with van der Waals surface area (Å²) in [5.74, 6) is 1.83. The average molecular weight is 379 g/mol. The van der Waals surface area contributed by atoms with Crippen molar-refractivity contribution in [2.45, 2.75) is 96.3 Å². The van der Waals surface area contributed by atoms with Crippen LogP contribution in [-0.4, -0.2) is 0 Å². The second-order valence-corrected chi connectivity index (χ2v) is 8.45. The van der Waals surface area contributed by atoms with E-state index in [1.165, 1.54) is 87.9 Å². The van der Waals surface area contributed by atoms with Crippen molar-refractivity contribution < 1.29 is 0 Å². The van der Waals surface area contributed by atoms with Gasteiger partial charge in [0, 0.05) is 4.47 Å². The van der Waals surface area contributed by atoms with E-state index >= 15 is 0 Å². The Morgan fingerprint density at radius 2 is 1.35 bits per heavy atom. The van der Waals surface area contributed by atoms with Crippen molar-refractivity contribution in [2.24, 2.45) is 5.92 Å². The van der Waals surface area contributed by atoms with Gasteiger partial charge in [-0.15, -0.1) is 0 Å². The number of unbranched alkanes of at least 4 members (excludes halogenated alkanes) is 7. The first-order valence-electron chi connectivity index (χ1n) is 10.0. The maximum absolute atomic E-state index is 3.54. The maximum Gasteiger partial charge on any atom is 0.0175 e. The normalized spacial score (nSPS) is 21.5. The fourth-order valence-corrected chi connectivity index (χ4v) is 4.35. The van der Waals surface area contributed by atoms with Crippen LogP contribution in [0.15, 0.2) is 28.7 Å². The van der Waals surface area contributed by atoms with Crippen LogP contribution >= 0.6 is 15.9 Å². The van der Waals surface area contributed by atoms with E-state index in [2.05, 4.69) is 47.1 Å². The molecule has 0 aliphatic heterocycles. The topological polar surface area (TPSA) is 0 Å². The summed E-state index contributed by atoms with van der Waals surface area (Å²) >= 11 is 3.54. The van der Waals surface area contributed by atoms with Crippen molar-refractivity contribution in [3.8, 4) is 0 Å². The molecule has 0 saturated heterocycles. The van der Waals surface area contributed by atoms with Gasteiger partial charge in [-0.2, -0.15) is 0 Å². The van der Waals surface area contributed by atoms with E-state index in [0.717, 1.165) is 11.8 Å². The third-order valence-electron chi connectivity index (χ3n) is 5.65. The van der Waals surface area contributed by atoms with Gasteiger partial charge < -0.3 is 0 Å². The summed E-state index contributed by atoms with van der Waals surface area (Å²) in [4.78, 5) is 0. The van der Waals surface area contributed by atoms with E-state index in [1.54, 1.807) is 5.56 Å². The summed E-state index contributed by atoms with van der Waals surface area (Å²) < 4.78 is 1.20. The van der Waals surface area contributed by atoms with Gasteiger partial charge in [0.25, 0.3) is 0 Å². The zero-order chi connectivity index (χ0) is 16.3. The van der Waals surface area contributed by atoms with Crippen molar-refractivity contribution >= 4 is 15.9 Å². The molecule has 0 heterocycles. The van der Waals surface area contributed by atoms with E-state index in [4.69, 9.17) is 0 Å². The van der Waals surface area contributed by atoms with Crippen LogP contribution in [0.25, 0.3) is 0 Å². The lowest BCUT2D eigenvalue weighted by Gasteiger charge is -2.29. The third-order valence-corrected chi connectivity index (χ3v) is 6.18. The lowest BCUT2D eigenvalue weighted by molar-refractivity contribution is 0.301. The molecule has 0 N–H and O–H groups in total. The molecule has 0 amide bonds. The molecule has 1 fully saturated rings. The molecule has 0 radical (unpaired) electrons. The van der Waals surface area contributed by atoms with Gasteiger partial charge in [0.2, 0.25) is 0 Å². The van der Waals surface area contributed by atoms with Gasteiger partial charge in [0.05, 0.1) is 0 Å². The fourth-order valence-electron chi connectivity index (χ4n) is 4.09. The summed E-state index contributed by atoms with van der Waals surface area (Å²) in [6, 6.07) is 9.02. The van der Waals surface area contributed by atoms with E-state index < -0.39 is 0 Å². The predicted molar refractivity (Wildman–Crippen MR) is 106 cm³/mol. The second-order valence-electron chi connectivity index (χ2n) is 7.53. The number of hydrogen-bond donors (Lipinski definition) is 0. The summed E-state index contributed by atoms with van der Waals surface area (Å²) in [6.07, 6.45) is 18.8. The second kappa shape index (κ2) is 11.3. The highest BCUT2D eigenvalue weighted by Crippen LogP contribution is 2.38. The fraction of sp³-hybridized carbons (Fsp3) is 0.727. The molecule has 0 unspecified atom stereocenters. The van der Waals surface area contributed by atoms with Gasteiger partial charge in [-0.25, -0.2) is 0 Å². The van der Waals surface area contributed by atoms with Crippen LogP contribution in [0.1, 0.15) is 102 Å². The standard InChI is InChI=1S/C22H35Br/c1-2-3-4-5-6-7-8-9-10-19-11-13-20(14-12-19)21-15-17-22(23)18-16-21/h15-20H,2-14H2,1H3. The molecule has 1 aromatic carbocycles. The zero-order valence-electron chi connectivity index (χ0n) is 15.0. The van der Waals surface area contributed by atoms with Crippen molar-refractivity contribution in [1.29, 1.82) is 0 Å². The predicted octanol–water partition coefficient (Wildman–Crippen LogP) is 8.25. The van der Waals surface area contributed by atoms with Gasteiger partial charge in [-0.1, -0.05) is 92.8 Å². The summed E-state index contributed by atoms with van der Waals surface area (Å²) in [5, 5.41) is 0. The number of rotatable bonds is 10. The Bertz CT molecular complexity index is 400. The summed E-state index contributed by atoms with van der Waals surface area (Å²) in [5.41, 5.74) is 1.55. The Kier molecular flexibility index (Phi) is 9.34. The molecule has 23 heavy (non-hydrogen) atoms. The van der Waals surface area contributed by atoms with Crippen molar-refractivity contribution in [1.82, 2.24) is 0 Å². The van der Waals surface area contributed by atoms with E-state index in [-0.39, 0.29) is 0 Å². The highest BCUT2D eigenvalue weighted by Gasteiger charge is 2.21. The van der Waals surface area contributed by atoms with Crippen LogP contribution in [0.5, 0.6) is 0 Å². The van der Waals surface area contributed by atoms with Crippen molar-refractivity contribution in [3.63, 3.8) is 0 Å². The van der Waals surface area contributed by atoms with Crippen molar-refractivity contribution in [3.05, 3.63) is 34.3 Å². The Morgan fingerprint density at radius 1 is 0.783 bits per heavy atom. The molecule has 2 rings (SSSR count). The first-order valence-corrected chi connectivity index (χ1v) is 10.8. The van der Waals surface area contributed by atoms with Gasteiger partial charge in [0.15, 0.2) is 0 Å². The van der Waals surface area contributed by atoms with Crippen LogP contribution < -0.4 is 0 Å². The molecular formula is C22H35Br. The van der Waals surface area contributed by atoms with Gasteiger partial charge in [-0.05, 0) is 55.2 Å². The molecule has 0 atom stereocenters. The zero-order valence-corrected chi connectivity index (χ0v) is 16.6. The minimum absolute atomic E-state index is 0.818. The maximum atomic E-state index is 3.54. The van der Waals surface area contributed by atoms with E-state index in [9.17, 15) is 0 Å². The smallest absolute Gasteiger partial charge is 0.0175 e. The molecule has 1 heteroatoms. The van der Waals surface area contributed by atoms with Crippen molar-refractivity contribution in [2.75, 3.05) is 0 Å². The first kappa shape index (κ1) is 19.0. The number of halogens is 1. The number of hydrogen-bond acceptors (Lipinski definition) is 0. The van der Waals surface area contributed by atoms with Crippen LogP contribution in [0.4, 0.5) is 0 Å². The minimum Gasteiger partial charge on any atom is -0.0654 e. The molecule has 130 valence electrons. The molecule has 1 aromatic rings. The molecular weight excluding hydrogens is 344 g/mol. The molecule has 1 saturated carbocycles. The highest BCUT2D eigenvalue weighted by atomic mass is 79.9. The molecule has 1 aliphatic rings. The lowest BCUT2D eigenvalue weighted by atomic mass is 9.77. The average Bonchev–Trinajstić information content (AvgIpc) is 2.59. The highest BCUT2D eigenvalue weighted by molar-refractivity contribution is 9.10. The Labute approximate surface area is 152 Å². The lowest BCUT2D eigenvalue weighted by Crippen LogP contribution is -2.13. The molecule has 1 aliphatic carbocycles. The Balaban J connectivity index is 1.52. The van der Waals surface area contributed by atoms with Gasteiger partial charge >= 0.3 is 0 Å². The van der Waals surface area contributed by atoms with E-state index in [0.29, 0.717) is 0 Å². The van der Waals surface area contributed by atoms with Crippen LogP contribution in [0.2, 0.25) is 0 Å². The Hall–Kier alpha value is -0.300. The monoisotopic (exact) mass is 378 g/mol. The summed E-state index contributed by atoms with van der Waals surface area (Å²) in [6.45, 7) is 2.30. The first-order chi connectivity index (χ1) is 11.3. The Morgan fingerprint density at radius 3 is 1.96 bits per heavy atom. The van der Waals surface area contributed by atoms with Gasteiger partial charge in [-0.3, -0.25) is 0 Å². The van der Waals surface area contributed by atoms with E-state index in [1.807, 2.05) is 0 Å².